The summed E-state index contributed by atoms with van der Waals surface area (Å²) in [7, 11) is 0. The molecule has 1 atom stereocenters. The highest BCUT2D eigenvalue weighted by Crippen LogP contribution is 2.25. The molecule has 0 saturated heterocycles. The fourth-order valence-electron chi connectivity index (χ4n) is 1.76. The molecule has 2 aromatic rings. The van der Waals surface area contributed by atoms with Crippen LogP contribution in [0.1, 0.15) is 6.92 Å². The number of amides is 1. The first-order valence-corrected chi connectivity index (χ1v) is 6.92. The Bertz CT molecular complexity index is 754. The molecule has 0 aliphatic heterocycles. The number of anilines is 1. The minimum Gasteiger partial charge on any atom is -0.479 e. The molecular weight excluding hydrogens is 327 g/mol. The number of rotatable bonds is 5. The molecule has 120 valence electrons. The zero-order valence-electron chi connectivity index (χ0n) is 12.0. The lowest BCUT2D eigenvalue weighted by atomic mass is 10.2. The molecule has 23 heavy (non-hydrogen) atoms. The maximum atomic E-state index is 13.3. The van der Waals surface area contributed by atoms with E-state index in [0.717, 1.165) is 12.1 Å². The van der Waals surface area contributed by atoms with Crippen molar-refractivity contribution in [2.45, 2.75) is 13.0 Å². The molecule has 0 radical (unpaired) electrons. The van der Waals surface area contributed by atoms with E-state index in [1.807, 2.05) is 0 Å². The maximum Gasteiger partial charge on any atom is 0.306 e. The van der Waals surface area contributed by atoms with Crippen molar-refractivity contribution in [3.63, 3.8) is 0 Å². The van der Waals surface area contributed by atoms with E-state index >= 15 is 0 Å². The number of nitrogens with zero attached hydrogens (tertiary/aromatic N) is 1. The third kappa shape index (κ3) is 4.17. The van der Waals surface area contributed by atoms with Gasteiger partial charge in [0, 0.05) is 11.8 Å². The zero-order valence-corrected chi connectivity index (χ0v) is 12.7. The van der Waals surface area contributed by atoms with Gasteiger partial charge in [0.2, 0.25) is 5.82 Å². The van der Waals surface area contributed by atoms with Crippen LogP contribution in [0.25, 0.3) is 0 Å². The second-order valence-electron chi connectivity index (χ2n) is 4.60. The van der Waals surface area contributed by atoms with Gasteiger partial charge in [0.15, 0.2) is 6.10 Å². The molecule has 2 aromatic carbocycles. The minimum atomic E-state index is -0.978. The molecule has 0 heterocycles. The molecule has 6 nitrogen and oxygen atoms in total. The summed E-state index contributed by atoms with van der Waals surface area (Å²) < 4.78 is 18.7. The molecule has 1 N–H and O–H groups in total. The van der Waals surface area contributed by atoms with Gasteiger partial charge < -0.3 is 10.1 Å². The quantitative estimate of drug-likeness (QED) is 0.664. The van der Waals surface area contributed by atoms with Gasteiger partial charge in [-0.2, -0.15) is 4.39 Å². The lowest BCUT2D eigenvalue weighted by Gasteiger charge is -2.15. The van der Waals surface area contributed by atoms with E-state index in [2.05, 4.69) is 5.32 Å². The standard InChI is InChI=1S/C15H12ClFN2O4/c1-9(23-14-5-3-2-4-11(14)16)15(20)18-10-6-7-12(17)13(8-10)19(21)22/h2-9H,1H3,(H,18,20)/t9-/m0/s1. The largest absolute Gasteiger partial charge is 0.479 e. The second-order valence-corrected chi connectivity index (χ2v) is 5.01. The first-order chi connectivity index (χ1) is 10.9. The average molecular weight is 339 g/mol. The van der Waals surface area contributed by atoms with Gasteiger partial charge in [-0.15, -0.1) is 0 Å². The molecule has 0 fully saturated rings. The van der Waals surface area contributed by atoms with Crippen molar-refractivity contribution < 1.29 is 18.8 Å². The number of para-hydroxylation sites is 1. The summed E-state index contributed by atoms with van der Waals surface area (Å²) in [6, 6.07) is 9.72. The topological polar surface area (TPSA) is 81.5 Å². The highest BCUT2D eigenvalue weighted by atomic mass is 35.5. The van der Waals surface area contributed by atoms with E-state index < -0.39 is 28.4 Å². The smallest absolute Gasteiger partial charge is 0.306 e. The number of carbonyl (C=O) groups is 1. The Morgan fingerprint density at radius 1 is 1.35 bits per heavy atom. The molecule has 8 heteroatoms. The highest BCUT2D eigenvalue weighted by molar-refractivity contribution is 6.32. The summed E-state index contributed by atoms with van der Waals surface area (Å²) >= 11 is 5.93. The molecule has 0 saturated carbocycles. The van der Waals surface area contributed by atoms with Gasteiger partial charge in [0.05, 0.1) is 9.95 Å². The SMILES string of the molecule is C[C@H](Oc1ccccc1Cl)C(=O)Nc1ccc(F)c([N+](=O)[O-])c1. The van der Waals surface area contributed by atoms with Gasteiger partial charge in [-0.05, 0) is 31.2 Å². The average Bonchev–Trinajstić information content (AvgIpc) is 2.51. The first-order valence-electron chi connectivity index (χ1n) is 6.54. The Morgan fingerprint density at radius 2 is 2.04 bits per heavy atom. The van der Waals surface area contributed by atoms with Gasteiger partial charge in [0.25, 0.3) is 5.91 Å². The van der Waals surface area contributed by atoms with Crippen LogP contribution in [0.4, 0.5) is 15.8 Å². The van der Waals surface area contributed by atoms with Gasteiger partial charge in [-0.25, -0.2) is 0 Å². The summed E-state index contributed by atoms with van der Waals surface area (Å²) in [4.78, 5) is 21.9. The van der Waals surface area contributed by atoms with Crippen LogP contribution in [0.2, 0.25) is 5.02 Å². The number of benzene rings is 2. The fraction of sp³-hybridized carbons (Fsp3) is 0.133. The van der Waals surface area contributed by atoms with Crippen molar-refractivity contribution in [1.29, 1.82) is 0 Å². The van der Waals surface area contributed by atoms with E-state index in [0.29, 0.717) is 10.8 Å². The molecule has 0 aliphatic carbocycles. The van der Waals surface area contributed by atoms with Crippen LogP contribution in [0.3, 0.4) is 0 Å². The van der Waals surface area contributed by atoms with Gasteiger partial charge in [0.1, 0.15) is 5.75 Å². The van der Waals surface area contributed by atoms with Gasteiger partial charge in [-0.3, -0.25) is 14.9 Å². The molecular formula is C15H12ClFN2O4. The zero-order chi connectivity index (χ0) is 17.0. The molecule has 1 amide bonds. The Morgan fingerprint density at radius 3 is 2.70 bits per heavy atom. The van der Waals surface area contributed by atoms with Crippen LogP contribution < -0.4 is 10.1 Å². The number of halogens is 2. The third-order valence-corrected chi connectivity index (χ3v) is 3.23. The molecule has 0 unspecified atom stereocenters. The fourth-order valence-corrected chi connectivity index (χ4v) is 1.94. The second kappa shape index (κ2) is 7.06. The Labute approximate surface area is 136 Å². The third-order valence-electron chi connectivity index (χ3n) is 2.92. The lowest BCUT2D eigenvalue weighted by Crippen LogP contribution is -2.30. The van der Waals surface area contributed by atoms with Crippen molar-refractivity contribution in [3.8, 4) is 5.75 Å². The number of nitro benzene ring substituents is 1. The van der Waals surface area contributed by atoms with E-state index in [1.54, 1.807) is 24.3 Å². The van der Waals surface area contributed by atoms with Crippen molar-refractivity contribution in [2.75, 3.05) is 5.32 Å². The number of hydrogen-bond donors (Lipinski definition) is 1. The molecule has 0 aromatic heterocycles. The summed E-state index contributed by atoms with van der Waals surface area (Å²) in [5.74, 6) is -1.19. The summed E-state index contributed by atoms with van der Waals surface area (Å²) in [5.41, 5.74) is -0.625. The number of hydrogen-bond acceptors (Lipinski definition) is 4. The van der Waals surface area contributed by atoms with Crippen LogP contribution in [-0.4, -0.2) is 16.9 Å². The number of carbonyl (C=O) groups excluding carboxylic acids is 1. The molecule has 0 spiro atoms. The van der Waals surface area contributed by atoms with Crippen LogP contribution >= 0.6 is 11.6 Å². The number of nitro groups is 1. The molecule has 2 rings (SSSR count). The van der Waals surface area contributed by atoms with Crippen molar-refractivity contribution in [3.05, 3.63) is 63.4 Å². The van der Waals surface area contributed by atoms with Crippen molar-refractivity contribution >= 4 is 28.9 Å². The van der Waals surface area contributed by atoms with E-state index in [4.69, 9.17) is 16.3 Å². The maximum absolute atomic E-state index is 13.3. The Balaban J connectivity index is 2.08. The number of nitrogens with one attached hydrogen (secondary N) is 1. The van der Waals surface area contributed by atoms with Crippen molar-refractivity contribution in [1.82, 2.24) is 0 Å². The molecule has 0 bridgehead atoms. The molecule has 0 aliphatic rings. The van der Waals surface area contributed by atoms with E-state index in [9.17, 15) is 19.3 Å². The monoisotopic (exact) mass is 338 g/mol. The Kier molecular flexibility index (Phi) is 5.13. The van der Waals surface area contributed by atoms with Crippen molar-refractivity contribution in [2.24, 2.45) is 0 Å². The predicted molar refractivity (Wildman–Crippen MR) is 83.2 cm³/mol. The van der Waals surface area contributed by atoms with Crippen LogP contribution in [0, 0.1) is 15.9 Å². The minimum absolute atomic E-state index is 0.0951. The predicted octanol–water partition coefficient (Wildman–Crippen LogP) is 3.79. The highest BCUT2D eigenvalue weighted by Gasteiger charge is 2.19. The van der Waals surface area contributed by atoms with Crippen LogP contribution in [0.5, 0.6) is 5.75 Å². The first kappa shape index (κ1) is 16.7. The van der Waals surface area contributed by atoms with Crippen LogP contribution in [-0.2, 0) is 4.79 Å². The summed E-state index contributed by atoms with van der Waals surface area (Å²) in [6.45, 7) is 1.50. The lowest BCUT2D eigenvalue weighted by molar-refractivity contribution is -0.387. The van der Waals surface area contributed by atoms with E-state index in [1.165, 1.54) is 13.0 Å². The summed E-state index contributed by atoms with van der Waals surface area (Å²) in [6.07, 6.45) is -0.904. The number of ether oxygens (including phenoxy) is 1. The Hall–Kier alpha value is -2.67. The summed E-state index contributed by atoms with van der Waals surface area (Å²) in [5, 5.41) is 13.5. The van der Waals surface area contributed by atoms with Crippen LogP contribution in [0.15, 0.2) is 42.5 Å². The normalized spacial score (nSPS) is 11.6. The van der Waals surface area contributed by atoms with E-state index in [-0.39, 0.29) is 5.69 Å². The van der Waals surface area contributed by atoms with Gasteiger partial charge >= 0.3 is 5.69 Å². The van der Waals surface area contributed by atoms with Gasteiger partial charge in [-0.1, -0.05) is 23.7 Å².